The van der Waals surface area contributed by atoms with E-state index in [2.05, 4.69) is 15.0 Å². The van der Waals surface area contributed by atoms with Gasteiger partial charge in [-0.2, -0.15) is 8.78 Å². The lowest BCUT2D eigenvalue weighted by Crippen LogP contribution is -2.60. The van der Waals surface area contributed by atoms with E-state index >= 15 is 0 Å². The molecule has 1 aromatic heterocycles. The topological polar surface area (TPSA) is 54.5 Å². The third-order valence-electron chi connectivity index (χ3n) is 5.97. The van der Waals surface area contributed by atoms with Gasteiger partial charge in [-0.25, -0.2) is 13.2 Å². The Kier molecular flexibility index (Phi) is 6.00. The first-order chi connectivity index (χ1) is 14.7. The Hall–Kier alpha value is -2.49. The molecule has 1 saturated carbocycles. The zero-order valence-corrected chi connectivity index (χ0v) is 16.6. The predicted molar refractivity (Wildman–Crippen MR) is 103 cm³/mol. The van der Waals surface area contributed by atoms with Crippen LogP contribution in [-0.2, 0) is 0 Å². The van der Waals surface area contributed by atoms with E-state index in [-0.39, 0.29) is 42.0 Å². The molecule has 1 aliphatic heterocycles. The standard InChI is InChI=1S/C21H22F5N3O2/c22-16-6-13-5-14(9-27-17(13)7-18(16)31-20(23)24)19(30)28-8-12-1-3-15(4-2-12)29-10-21(25,26)11-29/h5-7,9,12,15,20H,1-4,8,10-11H2,(H,28,30). The van der Waals surface area contributed by atoms with Gasteiger partial charge in [-0.15, -0.1) is 0 Å². The second kappa shape index (κ2) is 8.57. The Morgan fingerprint density at radius 2 is 1.90 bits per heavy atom. The van der Waals surface area contributed by atoms with Gasteiger partial charge in [-0.3, -0.25) is 14.7 Å². The number of rotatable bonds is 6. The summed E-state index contributed by atoms with van der Waals surface area (Å²) in [6.07, 6.45) is 4.65. The molecule has 5 nitrogen and oxygen atoms in total. The normalized spacial score (nSPS) is 23.5. The molecule has 0 atom stereocenters. The van der Waals surface area contributed by atoms with Crippen LogP contribution in [0.1, 0.15) is 36.0 Å². The number of hydrogen-bond acceptors (Lipinski definition) is 4. The van der Waals surface area contributed by atoms with Crippen molar-refractivity contribution in [2.45, 2.75) is 44.3 Å². The number of amides is 1. The molecule has 2 aliphatic rings. The van der Waals surface area contributed by atoms with E-state index in [9.17, 15) is 26.7 Å². The van der Waals surface area contributed by atoms with Crippen molar-refractivity contribution < 1.29 is 31.5 Å². The Labute approximate surface area is 175 Å². The first kappa shape index (κ1) is 21.7. The molecule has 2 aromatic rings. The minimum absolute atomic E-state index is 0.162. The third kappa shape index (κ3) is 5.06. The van der Waals surface area contributed by atoms with Gasteiger partial charge in [0.05, 0.1) is 24.2 Å². The molecule has 2 fully saturated rings. The van der Waals surface area contributed by atoms with Crippen molar-refractivity contribution in [1.29, 1.82) is 0 Å². The number of halogens is 5. The maximum absolute atomic E-state index is 13.9. The number of nitrogens with zero attached hydrogens (tertiary/aromatic N) is 2. The number of carbonyl (C=O) groups is 1. The number of carbonyl (C=O) groups excluding carboxylic acids is 1. The van der Waals surface area contributed by atoms with Crippen molar-refractivity contribution in [2.75, 3.05) is 19.6 Å². The Morgan fingerprint density at radius 1 is 1.19 bits per heavy atom. The molecule has 4 rings (SSSR count). The number of benzene rings is 1. The molecule has 1 aromatic carbocycles. The molecule has 0 bridgehead atoms. The number of aromatic nitrogens is 1. The van der Waals surface area contributed by atoms with Crippen LogP contribution in [0.3, 0.4) is 0 Å². The fourth-order valence-corrected chi connectivity index (χ4v) is 4.30. The third-order valence-corrected chi connectivity index (χ3v) is 5.97. The lowest BCUT2D eigenvalue weighted by atomic mass is 9.84. The highest BCUT2D eigenvalue weighted by molar-refractivity contribution is 5.97. The highest BCUT2D eigenvalue weighted by Gasteiger charge is 2.46. The van der Waals surface area contributed by atoms with Crippen LogP contribution >= 0.6 is 0 Å². The van der Waals surface area contributed by atoms with E-state index in [0.29, 0.717) is 11.9 Å². The van der Waals surface area contributed by atoms with Crippen molar-refractivity contribution >= 4 is 16.8 Å². The van der Waals surface area contributed by atoms with Crippen LogP contribution in [0.2, 0.25) is 0 Å². The van der Waals surface area contributed by atoms with Crippen LogP contribution in [0, 0.1) is 11.7 Å². The van der Waals surface area contributed by atoms with Gasteiger partial charge in [0.1, 0.15) is 0 Å². The molecule has 10 heteroatoms. The van der Waals surface area contributed by atoms with Crippen molar-refractivity contribution in [1.82, 2.24) is 15.2 Å². The zero-order chi connectivity index (χ0) is 22.2. The van der Waals surface area contributed by atoms with Gasteiger partial charge in [0, 0.05) is 30.2 Å². The maximum Gasteiger partial charge on any atom is 0.387 e. The molecule has 31 heavy (non-hydrogen) atoms. The van der Waals surface area contributed by atoms with Crippen LogP contribution in [0.15, 0.2) is 24.4 Å². The Balaban J connectivity index is 1.30. The van der Waals surface area contributed by atoms with Gasteiger partial charge in [-0.1, -0.05) is 0 Å². The Morgan fingerprint density at radius 3 is 2.55 bits per heavy atom. The van der Waals surface area contributed by atoms with Gasteiger partial charge < -0.3 is 10.1 Å². The quantitative estimate of drug-likeness (QED) is 0.680. The number of ether oxygens (including phenoxy) is 1. The van der Waals surface area contributed by atoms with E-state index in [0.717, 1.165) is 37.8 Å². The maximum atomic E-state index is 13.9. The number of hydrogen-bond donors (Lipinski definition) is 1. The van der Waals surface area contributed by atoms with Crippen molar-refractivity contribution in [3.05, 3.63) is 35.8 Å². The number of fused-ring (bicyclic) bond motifs is 1. The zero-order valence-electron chi connectivity index (χ0n) is 16.6. The van der Waals surface area contributed by atoms with Crippen LogP contribution in [0.25, 0.3) is 10.9 Å². The molecule has 0 radical (unpaired) electrons. The lowest BCUT2D eigenvalue weighted by molar-refractivity contribution is -0.150. The number of pyridine rings is 1. The molecule has 1 saturated heterocycles. The van der Waals surface area contributed by atoms with Gasteiger partial charge >= 0.3 is 6.61 Å². The highest BCUT2D eigenvalue weighted by Crippen LogP contribution is 2.35. The molecule has 1 N–H and O–H groups in total. The SMILES string of the molecule is O=C(NCC1CCC(N2CC(F)(F)C2)CC1)c1cnc2cc(OC(F)F)c(F)cc2c1. The smallest absolute Gasteiger partial charge is 0.387 e. The van der Waals surface area contributed by atoms with Crippen LogP contribution in [-0.4, -0.2) is 54.0 Å². The summed E-state index contributed by atoms with van der Waals surface area (Å²) < 4.78 is 68.8. The fraction of sp³-hybridized carbons (Fsp3) is 0.524. The molecule has 0 unspecified atom stereocenters. The van der Waals surface area contributed by atoms with Crippen LogP contribution in [0.4, 0.5) is 22.0 Å². The second-order valence-electron chi connectivity index (χ2n) is 8.22. The van der Waals surface area contributed by atoms with Crippen LogP contribution in [0.5, 0.6) is 5.75 Å². The average Bonchev–Trinajstić information content (AvgIpc) is 2.70. The monoisotopic (exact) mass is 443 g/mol. The van der Waals surface area contributed by atoms with Gasteiger partial charge in [0.2, 0.25) is 0 Å². The lowest BCUT2D eigenvalue weighted by Gasteiger charge is -2.46. The number of alkyl halides is 4. The molecular formula is C21H22F5N3O2. The number of likely N-dealkylation sites (tertiary alicyclic amines) is 1. The largest absolute Gasteiger partial charge is 0.432 e. The molecule has 168 valence electrons. The minimum Gasteiger partial charge on any atom is -0.432 e. The van der Waals surface area contributed by atoms with E-state index in [1.165, 1.54) is 12.3 Å². The summed E-state index contributed by atoms with van der Waals surface area (Å²) >= 11 is 0. The van der Waals surface area contributed by atoms with Crippen molar-refractivity contribution in [2.24, 2.45) is 5.92 Å². The van der Waals surface area contributed by atoms with Crippen molar-refractivity contribution in [3.63, 3.8) is 0 Å². The molecule has 1 amide bonds. The van der Waals surface area contributed by atoms with Gasteiger partial charge in [0.15, 0.2) is 11.6 Å². The van der Waals surface area contributed by atoms with Crippen LogP contribution < -0.4 is 10.1 Å². The fourth-order valence-electron chi connectivity index (χ4n) is 4.30. The van der Waals surface area contributed by atoms with E-state index < -0.39 is 24.1 Å². The summed E-state index contributed by atoms with van der Waals surface area (Å²) in [7, 11) is 0. The van der Waals surface area contributed by atoms with Gasteiger partial charge in [0.25, 0.3) is 11.8 Å². The molecule has 0 spiro atoms. The van der Waals surface area contributed by atoms with Crippen molar-refractivity contribution in [3.8, 4) is 5.75 Å². The summed E-state index contributed by atoms with van der Waals surface area (Å²) in [4.78, 5) is 18.3. The summed E-state index contributed by atoms with van der Waals surface area (Å²) in [5.74, 6) is -4.23. The Bertz CT molecular complexity index is 955. The minimum atomic E-state index is -3.15. The average molecular weight is 443 g/mol. The van der Waals surface area contributed by atoms with Gasteiger partial charge in [-0.05, 0) is 43.7 Å². The van der Waals surface area contributed by atoms with E-state index in [1.807, 2.05) is 4.90 Å². The highest BCUT2D eigenvalue weighted by atomic mass is 19.3. The first-order valence-electron chi connectivity index (χ1n) is 10.1. The molecule has 2 heterocycles. The molecule has 1 aliphatic carbocycles. The second-order valence-corrected chi connectivity index (χ2v) is 8.22. The van der Waals surface area contributed by atoms with E-state index in [4.69, 9.17) is 0 Å². The first-order valence-corrected chi connectivity index (χ1v) is 10.1. The summed E-state index contributed by atoms with van der Waals surface area (Å²) in [6.45, 7) is -3.02. The summed E-state index contributed by atoms with van der Waals surface area (Å²) in [6, 6.07) is 3.68. The molecular weight excluding hydrogens is 421 g/mol. The predicted octanol–water partition coefficient (Wildman–Crippen LogP) is 4.21. The summed E-state index contributed by atoms with van der Waals surface area (Å²) in [5.41, 5.74) is 0.453. The summed E-state index contributed by atoms with van der Waals surface area (Å²) in [5, 5.41) is 3.13. The van der Waals surface area contributed by atoms with E-state index in [1.54, 1.807) is 0 Å². The number of nitrogens with one attached hydrogen (secondary N) is 1.